The Balaban J connectivity index is 0.00000156. The zero-order chi connectivity index (χ0) is 16.4. The number of halogens is 3. The zero-order valence-corrected chi connectivity index (χ0v) is 16.9. The van der Waals surface area contributed by atoms with E-state index >= 15 is 0 Å². The van der Waals surface area contributed by atoms with Gasteiger partial charge in [-0.15, -0.1) is 24.8 Å². The second kappa shape index (κ2) is 9.83. The second-order valence-electron chi connectivity index (χ2n) is 6.25. The van der Waals surface area contributed by atoms with Gasteiger partial charge in [0.2, 0.25) is 5.91 Å². The number of nitrogens with zero attached hydrogens (tertiary/aromatic N) is 2. The molecule has 1 aromatic rings. The van der Waals surface area contributed by atoms with E-state index in [0.717, 1.165) is 43.4 Å². The summed E-state index contributed by atoms with van der Waals surface area (Å²) >= 11 is 6.12. The van der Waals surface area contributed by atoms with Gasteiger partial charge in [-0.1, -0.05) is 17.7 Å². The summed E-state index contributed by atoms with van der Waals surface area (Å²) in [6.45, 7) is 8.58. The van der Waals surface area contributed by atoms with E-state index in [2.05, 4.69) is 17.1 Å². The average Bonchev–Trinajstić information content (AvgIpc) is 2.57. The van der Waals surface area contributed by atoms with Crippen molar-refractivity contribution in [2.45, 2.75) is 26.0 Å². The van der Waals surface area contributed by atoms with Crippen LogP contribution in [-0.2, 0) is 9.53 Å². The van der Waals surface area contributed by atoms with Crippen LogP contribution in [0.25, 0.3) is 0 Å². The van der Waals surface area contributed by atoms with Crippen LogP contribution in [0.5, 0.6) is 0 Å². The van der Waals surface area contributed by atoms with Crippen LogP contribution in [0.2, 0.25) is 5.02 Å². The number of amides is 1. The topological polar surface area (TPSA) is 44.8 Å². The van der Waals surface area contributed by atoms with E-state index in [-0.39, 0.29) is 42.9 Å². The molecule has 0 aromatic heterocycles. The van der Waals surface area contributed by atoms with Gasteiger partial charge in [-0.25, -0.2) is 0 Å². The van der Waals surface area contributed by atoms with Crippen LogP contribution in [0, 0.1) is 6.92 Å². The van der Waals surface area contributed by atoms with Gasteiger partial charge in [-0.05, 0) is 31.5 Å². The van der Waals surface area contributed by atoms with Gasteiger partial charge in [0.25, 0.3) is 0 Å². The Labute approximate surface area is 166 Å². The summed E-state index contributed by atoms with van der Waals surface area (Å²) < 4.78 is 5.59. The Hall–Kier alpha value is -0.720. The number of morpholine rings is 1. The van der Waals surface area contributed by atoms with Crippen molar-refractivity contribution < 1.29 is 9.53 Å². The van der Waals surface area contributed by atoms with Crippen molar-refractivity contribution in [1.29, 1.82) is 0 Å². The summed E-state index contributed by atoms with van der Waals surface area (Å²) in [6.07, 6.45) is -0.0653. The van der Waals surface area contributed by atoms with Crippen LogP contribution in [0.1, 0.15) is 12.5 Å². The third-order valence-corrected chi connectivity index (χ3v) is 4.92. The molecule has 1 amide bonds. The maximum Gasteiger partial charge on any atom is 0.242 e. The lowest BCUT2D eigenvalue weighted by Gasteiger charge is -2.40. The van der Waals surface area contributed by atoms with Crippen molar-refractivity contribution in [3.05, 3.63) is 28.8 Å². The minimum absolute atomic E-state index is 0. The van der Waals surface area contributed by atoms with E-state index in [1.165, 1.54) is 5.56 Å². The third kappa shape index (κ3) is 5.14. The smallest absolute Gasteiger partial charge is 0.242 e. The monoisotopic (exact) mass is 409 g/mol. The van der Waals surface area contributed by atoms with Crippen LogP contribution < -0.4 is 10.2 Å². The van der Waals surface area contributed by atoms with Gasteiger partial charge in [0, 0.05) is 43.4 Å². The summed E-state index contributed by atoms with van der Waals surface area (Å²) in [7, 11) is 0. The number of benzene rings is 1. The van der Waals surface area contributed by atoms with E-state index in [0.29, 0.717) is 6.61 Å². The number of ether oxygens (including phenoxy) is 1. The molecule has 0 spiro atoms. The maximum atomic E-state index is 12.7. The van der Waals surface area contributed by atoms with E-state index in [4.69, 9.17) is 16.3 Å². The molecule has 2 heterocycles. The SMILES string of the molecule is Cc1ccc(Cl)cc1N1CCN(C(=O)[C@H]2NCCO[C@@H]2C)CC1.Cl.Cl. The molecular formula is C17H26Cl3N3O2. The normalized spacial score (nSPS) is 23.5. The number of aryl methyl sites for hydroxylation is 1. The van der Waals surface area contributed by atoms with Gasteiger partial charge in [-0.2, -0.15) is 0 Å². The highest BCUT2D eigenvalue weighted by Crippen LogP contribution is 2.25. The van der Waals surface area contributed by atoms with E-state index in [1.54, 1.807) is 0 Å². The summed E-state index contributed by atoms with van der Waals surface area (Å²) in [5, 5.41) is 4.03. The Kier molecular flexibility index (Phi) is 8.78. The van der Waals surface area contributed by atoms with E-state index in [9.17, 15) is 4.79 Å². The quantitative estimate of drug-likeness (QED) is 0.814. The zero-order valence-electron chi connectivity index (χ0n) is 14.5. The molecule has 0 unspecified atom stereocenters. The fraction of sp³-hybridized carbons (Fsp3) is 0.588. The summed E-state index contributed by atoms with van der Waals surface area (Å²) in [6, 6.07) is 5.74. The largest absolute Gasteiger partial charge is 0.375 e. The molecule has 5 nitrogen and oxygen atoms in total. The first-order chi connectivity index (χ1) is 11.1. The van der Waals surface area contributed by atoms with Gasteiger partial charge in [0.1, 0.15) is 6.04 Å². The number of hydrogen-bond acceptors (Lipinski definition) is 4. The second-order valence-corrected chi connectivity index (χ2v) is 6.69. The van der Waals surface area contributed by atoms with Crippen molar-refractivity contribution in [2.75, 3.05) is 44.2 Å². The third-order valence-electron chi connectivity index (χ3n) is 4.69. The molecule has 25 heavy (non-hydrogen) atoms. The summed E-state index contributed by atoms with van der Waals surface area (Å²) in [5.41, 5.74) is 2.38. The summed E-state index contributed by atoms with van der Waals surface area (Å²) in [4.78, 5) is 16.9. The van der Waals surface area contributed by atoms with Crippen molar-refractivity contribution in [3.63, 3.8) is 0 Å². The van der Waals surface area contributed by atoms with Crippen molar-refractivity contribution in [1.82, 2.24) is 10.2 Å². The van der Waals surface area contributed by atoms with E-state index < -0.39 is 0 Å². The first kappa shape index (κ1) is 22.3. The molecule has 0 bridgehead atoms. The van der Waals surface area contributed by atoms with Gasteiger partial charge >= 0.3 is 0 Å². The lowest BCUT2D eigenvalue weighted by atomic mass is 10.1. The molecule has 2 fully saturated rings. The number of carbonyl (C=O) groups excluding carboxylic acids is 1. The highest BCUT2D eigenvalue weighted by molar-refractivity contribution is 6.30. The lowest BCUT2D eigenvalue weighted by Crippen LogP contribution is -2.59. The standard InChI is InChI=1S/C17H24ClN3O2.2ClH/c1-12-3-4-14(18)11-15(12)20-6-8-21(9-7-20)17(22)16-13(2)23-10-5-19-16;;/h3-4,11,13,16,19H,5-10H2,1-2H3;2*1H/t13-,16+;;/m1../s1. The molecule has 1 aromatic carbocycles. The number of hydrogen-bond donors (Lipinski definition) is 1. The summed E-state index contributed by atoms with van der Waals surface area (Å²) in [5.74, 6) is 0.152. The van der Waals surface area contributed by atoms with Gasteiger partial charge in [0.15, 0.2) is 0 Å². The van der Waals surface area contributed by atoms with Crippen LogP contribution in [0.15, 0.2) is 18.2 Å². The predicted octanol–water partition coefficient (Wildman–Crippen LogP) is 2.52. The first-order valence-electron chi connectivity index (χ1n) is 8.21. The molecule has 0 radical (unpaired) electrons. The number of carbonyl (C=O) groups is 1. The van der Waals surface area contributed by atoms with E-state index in [1.807, 2.05) is 30.0 Å². The molecule has 8 heteroatoms. The Morgan fingerprint density at radius 1 is 1.24 bits per heavy atom. The molecule has 2 atom stereocenters. The predicted molar refractivity (Wildman–Crippen MR) is 107 cm³/mol. The van der Waals surface area contributed by atoms with Gasteiger partial charge in [0.05, 0.1) is 12.7 Å². The van der Waals surface area contributed by atoms with Gasteiger partial charge < -0.3 is 19.9 Å². The highest BCUT2D eigenvalue weighted by Gasteiger charge is 2.33. The Morgan fingerprint density at radius 2 is 1.92 bits per heavy atom. The van der Waals surface area contributed by atoms with Crippen LogP contribution in [-0.4, -0.2) is 62.3 Å². The number of nitrogens with one attached hydrogen (secondary N) is 1. The molecule has 0 saturated carbocycles. The molecule has 3 rings (SSSR count). The molecule has 2 aliphatic heterocycles. The molecule has 142 valence electrons. The van der Waals surface area contributed by atoms with Crippen molar-refractivity contribution >= 4 is 48.0 Å². The fourth-order valence-electron chi connectivity index (χ4n) is 3.30. The van der Waals surface area contributed by atoms with Crippen molar-refractivity contribution in [3.8, 4) is 0 Å². The minimum atomic E-state index is -0.219. The Bertz CT molecular complexity index is 580. The number of piperazine rings is 1. The minimum Gasteiger partial charge on any atom is -0.375 e. The van der Waals surface area contributed by atoms with Crippen LogP contribution >= 0.6 is 36.4 Å². The number of rotatable bonds is 2. The molecular weight excluding hydrogens is 385 g/mol. The first-order valence-corrected chi connectivity index (χ1v) is 8.59. The molecule has 2 saturated heterocycles. The maximum absolute atomic E-state index is 12.7. The molecule has 0 aliphatic carbocycles. The lowest BCUT2D eigenvalue weighted by molar-refractivity contribution is -0.139. The van der Waals surface area contributed by atoms with Crippen LogP contribution in [0.3, 0.4) is 0 Å². The highest BCUT2D eigenvalue weighted by atomic mass is 35.5. The van der Waals surface area contributed by atoms with Crippen molar-refractivity contribution in [2.24, 2.45) is 0 Å². The Morgan fingerprint density at radius 3 is 2.56 bits per heavy atom. The van der Waals surface area contributed by atoms with Crippen LogP contribution in [0.4, 0.5) is 5.69 Å². The molecule has 2 aliphatic rings. The molecule has 1 N–H and O–H groups in total. The average molecular weight is 411 g/mol. The van der Waals surface area contributed by atoms with Gasteiger partial charge in [-0.3, -0.25) is 4.79 Å². The number of anilines is 1. The fourth-order valence-corrected chi connectivity index (χ4v) is 3.46.